The second-order valence-electron chi connectivity index (χ2n) is 5.86. The van der Waals surface area contributed by atoms with E-state index in [1.54, 1.807) is 6.07 Å². The van der Waals surface area contributed by atoms with Crippen molar-refractivity contribution in [1.82, 2.24) is 10.2 Å². The third-order valence-corrected chi connectivity index (χ3v) is 4.48. The molecule has 1 fully saturated rings. The van der Waals surface area contributed by atoms with Gasteiger partial charge in [-0.05, 0) is 44.1 Å². The summed E-state index contributed by atoms with van der Waals surface area (Å²) in [5.41, 5.74) is 0.0719. The standard InChI is InChI=1S/C17H25FN2O2/c1-3-20(2)10-9-19-16(21)17(7-11-22-12-8-17)14-5-4-6-15(18)13-14/h4-6,13H,3,7-12H2,1-2H3,(H,19,21). The molecule has 0 bridgehead atoms. The first-order valence-electron chi connectivity index (χ1n) is 7.89. The van der Waals surface area contributed by atoms with Gasteiger partial charge in [-0.2, -0.15) is 0 Å². The molecule has 1 aliphatic rings. The van der Waals surface area contributed by atoms with Crippen LogP contribution in [0.1, 0.15) is 25.3 Å². The van der Waals surface area contributed by atoms with Gasteiger partial charge >= 0.3 is 0 Å². The van der Waals surface area contributed by atoms with Gasteiger partial charge in [0.05, 0.1) is 5.41 Å². The number of halogens is 1. The van der Waals surface area contributed by atoms with Crippen LogP contribution in [0.4, 0.5) is 4.39 Å². The van der Waals surface area contributed by atoms with E-state index in [9.17, 15) is 9.18 Å². The summed E-state index contributed by atoms with van der Waals surface area (Å²) in [6.07, 6.45) is 1.18. The Morgan fingerprint density at radius 1 is 1.41 bits per heavy atom. The molecule has 1 saturated heterocycles. The van der Waals surface area contributed by atoms with E-state index in [1.807, 2.05) is 13.1 Å². The summed E-state index contributed by atoms with van der Waals surface area (Å²) in [6, 6.07) is 6.39. The molecule has 2 rings (SSSR count). The smallest absolute Gasteiger partial charge is 0.230 e. The Balaban J connectivity index is 2.13. The quantitative estimate of drug-likeness (QED) is 0.873. The van der Waals surface area contributed by atoms with Gasteiger partial charge in [-0.15, -0.1) is 0 Å². The van der Waals surface area contributed by atoms with Crippen molar-refractivity contribution in [2.75, 3.05) is 39.9 Å². The summed E-state index contributed by atoms with van der Waals surface area (Å²) >= 11 is 0. The maximum absolute atomic E-state index is 13.6. The van der Waals surface area contributed by atoms with E-state index in [-0.39, 0.29) is 11.7 Å². The minimum Gasteiger partial charge on any atom is -0.381 e. The Morgan fingerprint density at radius 2 is 2.14 bits per heavy atom. The fraction of sp³-hybridized carbons (Fsp3) is 0.588. The van der Waals surface area contributed by atoms with Gasteiger partial charge in [-0.3, -0.25) is 4.79 Å². The lowest BCUT2D eigenvalue weighted by Crippen LogP contribution is -2.49. The maximum Gasteiger partial charge on any atom is 0.230 e. The SMILES string of the molecule is CCN(C)CCNC(=O)C1(c2cccc(F)c2)CCOCC1. The molecule has 1 aromatic rings. The zero-order valence-corrected chi connectivity index (χ0v) is 13.4. The lowest BCUT2D eigenvalue weighted by atomic mass is 9.73. The summed E-state index contributed by atoms with van der Waals surface area (Å²) in [5.74, 6) is -0.326. The van der Waals surface area contributed by atoms with Gasteiger partial charge in [0.1, 0.15) is 5.82 Å². The van der Waals surface area contributed by atoms with Crippen LogP contribution >= 0.6 is 0 Å². The van der Waals surface area contributed by atoms with Crippen LogP contribution in [-0.2, 0) is 14.9 Å². The molecule has 5 heteroatoms. The predicted octanol–water partition coefficient (Wildman–Crippen LogP) is 1.94. The Morgan fingerprint density at radius 3 is 2.77 bits per heavy atom. The summed E-state index contributed by atoms with van der Waals surface area (Å²) in [6.45, 7) is 5.48. The van der Waals surface area contributed by atoms with E-state index in [4.69, 9.17) is 4.74 Å². The van der Waals surface area contributed by atoms with Gasteiger partial charge < -0.3 is 15.0 Å². The molecule has 0 aliphatic carbocycles. The number of likely N-dealkylation sites (N-methyl/N-ethyl adjacent to an activating group) is 1. The molecule has 0 unspecified atom stereocenters. The van der Waals surface area contributed by atoms with Crippen molar-refractivity contribution in [3.63, 3.8) is 0 Å². The third-order valence-electron chi connectivity index (χ3n) is 4.48. The van der Waals surface area contributed by atoms with Crippen LogP contribution in [0.5, 0.6) is 0 Å². The molecular weight excluding hydrogens is 283 g/mol. The van der Waals surface area contributed by atoms with Crippen molar-refractivity contribution in [3.05, 3.63) is 35.6 Å². The lowest BCUT2D eigenvalue weighted by molar-refractivity contribution is -0.130. The molecule has 0 saturated carbocycles. The predicted molar refractivity (Wildman–Crippen MR) is 84.3 cm³/mol. The summed E-state index contributed by atoms with van der Waals surface area (Å²) in [5, 5.41) is 3.02. The van der Waals surface area contributed by atoms with Crippen LogP contribution in [0.25, 0.3) is 0 Å². The van der Waals surface area contributed by atoms with Gasteiger partial charge in [-0.1, -0.05) is 19.1 Å². The Labute approximate surface area is 131 Å². The van der Waals surface area contributed by atoms with Crippen LogP contribution in [0.15, 0.2) is 24.3 Å². The molecule has 1 aromatic carbocycles. The monoisotopic (exact) mass is 308 g/mol. The molecule has 0 radical (unpaired) electrons. The topological polar surface area (TPSA) is 41.6 Å². The highest BCUT2D eigenvalue weighted by atomic mass is 19.1. The van der Waals surface area contributed by atoms with E-state index >= 15 is 0 Å². The van der Waals surface area contributed by atoms with Crippen molar-refractivity contribution < 1.29 is 13.9 Å². The van der Waals surface area contributed by atoms with E-state index in [0.29, 0.717) is 32.6 Å². The van der Waals surface area contributed by atoms with Crippen LogP contribution in [0.2, 0.25) is 0 Å². The van der Waals surface area contributed by atoms with Crippen molar-refractivity contribution >= 4 is 5.91 Å². The number of ether oxygens (including phenoxy) is 1. The molecule has 1 amide bonds. The fourth-order valence-electron chi connectivity index (χ4n) is 2.84. The summed E-state index contributed by atoms with van der Waals surface area (Å²) in [7, 11) is 2.02. The molecule has 0 spiro atoms. The van der Waals surface area contributed by atoms with Gasteiger partial charge in [-0.25, -0.2) is 4.39 Å². The molecule has 1 heterocycles. The van der Waals surface area contributed by atoms with E-state index in [1.165, 1.54) is 12.1 Å². The number of rotatable bonds is 6. The van der Waals surface area contributed by atoms with Crippen LogP contribution < -0.4 is 5.32 Å². The molecular formula is C17H25FN2O2. The van der Waals surface area contributed by atoms with Crippen LogP contribution in [0, 0.1) is 5.82 Å². The molecule has 4 nitrogen and oxygen atoms in total. The van der Waals surface area contributed by atoms with E-state index in [2.05, 4.69) is 17.1 Å². The molecule has 1 aliphatic heterocycles. The number of amides is 1. The Kier molecular flexibility index (Phi) is 5.91. The fourth-order valence-corrected chi connectivity index (χ4v) is 2.84. The molecule has 1 N–H and O–H groups in total. The largest absolute Gasteiger partial charge is 0.381 e. The Bertz CT molecular complexity index is 501. The van der Waals surface area contributed by atoms with Gasteiger partial charge in [0.25, 0.3) is 0 Å². The zero-order chi connectivity index (χ0) is 16.0. The minimum absolute atomic E-state index is 0.0223. The maximum atomic E-state index is 13.6. The third kappa shape index (κ3) is 3.84. The average molecular weight is 308 g/mol. The van der Waals surface area contributed by atoms with Crippen molar-refractivity contribution in [3.8, 4) is 0 Å². The second-order valence-corrected chi connectivity index (χ2v) is 5.86. The van der Waals surface area contributed by atoms with Crippen molar-refractivity contribution in [2.24, 2.45) is 0 Å². The van der Waals surface area contributed by atoms with E-state index < -0.39 is 5.41 Å². The molecule has 0 aromatic heterocycles. The molecule has 22 heavy (non-hydrogen) atoms. The van der Waals surface area contributed by atoms with Gasteiger partial charge in [0.15, 0.2) is 0 Å². The summed E-state index contributed by atoms with van der Waals surface area (Å²) in [4.78, 5) is 14.9. The number of nitrogens with one attached hydrogen (secondary N) is 1. The number of hydrogen-bond acceptors (Lipinski definition) is 3. The van der Waals surface area contributed by atoms with Gasteiger partial charge in [0.2, 0.25) is 5.91 Å². The first-order valence-corrected chi connectivity index (χ1v) is 7.89. The van der Waals surface area contributed by atoms with Crippen LogP contribution in [-0.4, -0.2) is 50.7 Å². The number of benzene rings is 1. The Hall–Kier alpha value is -1.46. The average Bonchev–Trinajstić information content (AvgIpc) is 2.55. The van der Waals surface area contributed by atoms with Crippen LogP contribution in [0.3, 0.4) is 0 Å². The first-order chi connectivity index (χ1) is 10.6. The van der Waals surface area contributed by atoms with Crippen molar-refractivity contribution in [2.45, 2.75) is 25.2 Å². The van der Waals surface area contributed by atoms with E-state index in [0.717, 1.165) is 18.7 Å². The molecule has 0 atom stereocenters. The zero-order valence-electron chi connectivity index (χ0n) is 13.4. The number of carbonyl (C=O) groups is 1. The summed E-state index contributed by atoms with van der Waals surface area (Å²) < 4.78 is 19.0. The minimum atomic E-state index is -0.675. The van der Waals surface area contributed by atoms with Crippen molar-refractivity contribution in [1.29, 1.82) is 0 Å². The number of hydrogen-bond donors (Lipinski definition) is 1. The molecule has 122 valence electrons. The van der Waals surface area contributed by atoms with Gasteiger partial charge in [0, 0.05) is 26.3 Å². The lowest BCUT2D eigenvalue weighted by Gasteiger charge is -2.36. The normalized spacial score (nSPS) is 17.5. The first kappa shape index (κ1) is 16.9. The highest BCUT2D eigenvalue weighted by molar-refractivity contribution is 5.88. The number of nitrogens with zero attached hydrogens (tertiary/aromatic N) is 1. The highest BCUT2D eigenvalue weighted by Crippen LogP contribution is 2.35. The highest BCUT2D eigenvalue weighted by Gasteiger charge is 2.41. The second kappa shape index (κ2) is 7.70. The number of carbonyl (C=O) groups excluding carboxylic acids is 1.